The normalized spacial score (nSPS) is 24.9. The highest BCUT2D eigenvalue weighted by atomic mass is 15.2. The van der Waals surface area contributed by atoms with Crippen molar-refractivity contribution >= 4 is 0 Å². The van der Waals surface area contributed by atoms with Crippen LogP contribution in [0.25, 0.3) is 0 Å². The van der Waals surface area contributed by atoms with E-state index in [9.17, 15) is 0 Å². The fourth-order valence-corrected chi connectivity index (χ4v) is 2.85. The van der Waals surface area contributed by atoms with E-state index in [2.05, 4.69) is 21.9 Å². The minimum atomic E-state index is 0.949. The van der Waals surface area contributed by atoms with Gasteiger partial charge in [-0.25, -0.2) is 9.97 Å². The lowest BCUT2D eigenvalue weighted by Crippen LogP contribution is -3.06. The number of aromatic nitrogens is 2. The molecule has 0 bridgehead atoms. The van der Waals surface area contributed by atoms with Gasteiger partial charge in [0.2, 0.25) is 0 Å². The highest BCUT2D eigenvalue weighted by Gasteiger charge is 2.21. The highest BCUT2D eigenvalue weighted by Crippen LogP contribution is 2.17. The first-order valence-electron chi connectivity index (χ1n) is 6.53. The Hall–Kier alpha value is -1.00. The summed E-state index contributed by atoms with van der Waals surface area (Å²) in [7, 11) is 4.08. The Morgan fingerprint density at radius 3 is 2.94 bits per heavy atom. The zero-order valence-corrected chi connectivity index (χ0v) is 10.3. The second-order valence-electron chi connectivity index (χ2n) is 5.16. The molecule has 0 spiro atoms. The fourth-order valence-electron chi connectivity index (χ4n) is 2.85. The number of nitrogens with one attached hydrogen (secondary N) is 1. The van der Waals surface area contributed by atoms with E-state index in [0.717, 1.165) is 26.1 Å². The predicted octanol–water partition coefficient (Wildman–Crippen LogP) is -0.195. The Morgan fingerprint density at radius 2 is 2.12 bits per heavy atom. The molecular weight excluding hydrogens is 212 g/mol. The SMILES string of the molecule is [CH2-][NH+]1CCc2c(CN3CCCC3)ncnc2C1. The first kappa shape index (κ1) is 11.1. The van der Waals surface area contributed by atoms with Crippen molar-refractivity contribution in [2.45, 2.75) is 32.4 Å². The molecule has 3 rings (SSSR count). The van der Waals surface area contributed by atoms with Gasteiger partial charge in [0.15, 0.2) is 0 Å². The van der Waals surface area contributed by atoms with Crippen LogP contribution in [0.15, 0.2) is 6.33 Å². The minimum absolute atomic E-state index is 0.949. The van der Waals surface area contributed by atoms with Crippen LogP contribution in [0.2, 0.25) is 0 Å². The average molecular weight is 232 g/mol. The van der Waals surface area contributed by atoms with Gasteiger partial charge in [0, 0.05) is 18.5 Å². The number of rotatable bonds is 2. The summed E-state index contributed by atoms with van der Waals surface area (Å²) in [5.74, 6) is 0. The van der Waals surface area contributed by atoms with E-state index in [1.54, 1.807) is 6.33 Å². The van der Waals surface area contributed by atoms with E-state index in [1.807, 2.05) is 0 Å². The van der Waals surface area contributed by atoms with Crippen LogP contribution in [0.1, 0.15) is 29.8 Å². The fraction of sp³-hybridized carbons (Fsp3) is 0.615. The van der Waals surface area contributed by atoms with Gasteiger partial charge in [0.05, 0.1) is 24.5 Å². The van der Waals surface area contributed by atoms with Gasteiger partial charge in [-0.3, -0.25) is 4.90 Å². The third-order valence-corrected chi connectivity index (χ3v) is 3.84. The molecule has 1 N–H and O–H groups in total. The molecule has 0 amide bonds. The second kappa shape index (κ2) is 4.70. The minimum Gasteiger partial charge on any atom is -0.463 e. The second-order valence-corrected chi connectivity index (χ2v) is 5.16. The molecular formula is C13H20N4. The highest BCUT2D eigenvalue weighted by molar-refractivity contribution is 5.25. The molecule has 17 heavy (non-hydrogen) atoms. The molecule has 2 aliphatic rings. The molecule has 2 aliphatic heterocycles. The number of nitrogens with zero attached hydrogens (tertiary/aromatic N) is 3. The van der Waals surface area contributed by atoms with Crippen molar-refractivity contribution in [3.8, 4) is 0 Å². The first-order chi connectivity index (χ1) is 8.33. The maximum atomic E-state index is 4.50. The third-order valence-electron chi connectivity index (χ3n) is 3.84. The van der Waals surface area contributed by atoms with Crippen molar-refractivity contribution in [3.63, 3.8) is 0 Å². The average Bonchev–Trinajstić information content (AvgIpc) is 2.82. The van der Waals surface area contributed by atoms with Gasteiger partial charge < -0.3 is 4.90 Å². The lowest BCUT2D eigenvalue weighted by molar-refractivity contribution is -0.870. The Bertz CT molecular complexity index is 398. The Balaban J connectivity index is 1.82. The Labute approximate surface area is 103 Å². The maximum absolute atomic E-state index is 4.50. The molecule has 3 heterocycles. The summed E-state index contributed by atoms with van der Waals surface area (Å²) in [5.41, 5.74) is 3.86. The van der Waals surface area contributed by atoms with Gasteiger partial charge in [-0.2, -0.15) is 7.05 Å². The van der Waals surface area contributed by atoms with Crippen molar-refractivity contribution in [1.29, 1.82) is 0 Å². The molecule has 1 aromatic rings. The van der Waals surface area contributed by atoms with E-state index in [4.69, 9.17) is 0 Å². The van der Waals surface area contributed by atoms with Crippen LogP contribution >= 0.6 is 0 Å². The summed E-state index contributed by atoms with van der Waals surface area (Å²) in [5, 5.41) is 0. The Morgan fingerprint density at radius 1 is 1.29 bits per heavy atom. The molecule has 4 heteroatoms. The van der Waals surface area contributed by atoms with E-state index in [1.165, 1.54) is 47.8 Å². The largest absolute Gasteiger partial charge is 0.463 e. The molecule has 1 aromatic heterocycles. The molecule has 0 aliphatic carbocycles. The van der Waals surface area contributed by atoms with Crippen LogP contribution in [0.3, 0.4) is 0 Å². The molecule has 0 radical (unpaired) electrons. The topological polar surface area (TPSA) is 33.5 Å². The molecule has 1 saturated heterocycles. The number of fused-ring (bicyclic) bond motifs is 1. The first-order valence-corrected chi connectivity index (χ1v) is 6.53. The lowest BCUT2D eigenvalue weighted by atomic mass is 10.0. The summed E-state index contributed by atoms with van der Waals surface area (Å²) in [6, 6.07) is 0. The van der Waals surface area contributed by atoms with Crippen LogP contribution < -0.4 is 4.90 Å². The standard InChI is InChI=1S/C13H20N4/c1-16-7-4-11-12(8-16)14-10-15-13(11)9-17-5-2-3-6-17/h10,16H,1-9H2. The summed E-state index contributed by atoms with van der Waals surface area (Å²) in [6.45, 7) is 5.52. The molecule has 1 unspecified atom stereocenters. The number of hydrogen-bond donors (Lipinski definition) is 1. The van der Waals surface area contributed by atoms with Gasteiger partial charge in [0.1, 0.15) is 6.33 Å². The summed E-state index contributed by atoms with van der Waals surface area (Å²) < 4.78 is 0. The maximum Gasteiger partial charge on any atom is 0.116 e. The van der Waals surface area contributed by atoms with Crippen molar-refractivity contribution in [2.75, 3.05) is 19.6 Å². The van der Waals surface area contributed by atoms with E-state index in [0.29, 0.717) is 0 Å². The third kappa shape index (κ3) is 2.33. The molecule has 1 atom stereocenters. The van der Waals surface area contributed by atoms with E-state index >= 15 is 0 Å². The van der Waals surface area contributed by atoms with Gasteiger partial charge in [-0.15, -0.1) is 0 Å². The summed E-state index contributed by atoms with van der Waals surface area (Å²) in [4.78, 5) is 12.7. The van der Waals surface area contributed by atoms with Gasteiger partial charge in [-0.1, -0.05) is 0 Å². The number of hydrogen-bond acceptors (Lipinski definition) is 3. The van der Waals surface area contributed by atoms with Crippen molar-refractivity contribution in [2.24, 2.45) is 0 Å². The van der Waals surface area contributed by atoms with E-state index in [-0.39, 0.29) is 0 Å². The summed E-state index contributed by atoms with van der Waals surface area (Å²) >= 11 is 0. The van der Waals surface area contributed by atoms with Crippen LogP contribution in [0.4, 0.5) is 0 Å². The predicted molar refractivity (Wildman–Crippen MR) is 65.1 cm³/mol. The molecule has 0 saturated carbocycles. The van der Waals surface area contributed by atoms with Crippen LogP contribution in [0, 0.1) is 7.05 Å². The monoisotopic (exact) mass is 232 g/mol. The quantitative estimate of drug-likeness (QED) is 0.717. The van der Waals surface area contributed by atoms with Crippen molar-refractivity contribution < 1.29 is 4.90 Å². The van der Waals surface area contributed by atoms with Crippen molar-refractivity contribution in [1.82, 2.24) is 14.9 Å². The van der Waals surface area contributed by atoms with Gasteiger partial charge >= 0.3 is 0 Å². The van der Waals surface area contributed by atoms with Crippen LogP contribution in [0.5, 0.6) is 0 Å². The zero-order chi connectivity index (χ0) is 11.7. The molecule has 0 aromatic carbocycles. The van der Waals surface area contributed by atoms with Gasteiger partial charge in [-0.05, 0) is 25.9 Å². The van der Waals surface area contributed by atoms with Crippen LogP contribution in [-0.2, 0) is 19.5 Å². The number of quaternary nitrogens is 1. The Kier molecular flexibility index (Phi) is 3.07. The summed E-state index contributed by atoms with van der Waals surface area (Å²) in [6.07, 6.45) is 5.48. The van der Waals surface area contributed by atoms with E-state index < -0.39 is 0 Å². The van der Waals surface area contributed by atoms with Crippen molar-refractivity contribution in [3.05, 3.63) is 30.3 Å². The smallest absolute Gasteiger partial charge is 0.116 e. The molecule has 1 fully saturated rings. The van der Waals surface area contributed by atoms with Gasteiger partial charge in [0.25, 0.3) is 0 Å². The molecule has 92 valence electrons. The molecule has 4 nitrogen and oxygen atoms in total. The van der Waals surface area contributed by atoms with Crippen LogP contribution in [-0.4, -0.2) is 34.5 Å². The lowest BCUT2D eigenvalue weighted by Gasteiger charge is -2.28. The number of likely N-dealkylation sites (tertiary alicyclic amines) is 1. The zero-order valence-electron chi connectivity index (χ0n) is 10.3.